The van der Waals surface area contributed by atoms with Gasteiger partial charge in [0.25, 0.3) is 11.8 Å². The van der Waals surface area contributed by atoms with Crippen molar-refractivity contribution < 1.29 is 9.59 Å². The fourth-order valence-electron chi connectivity index (χ4n) is 3.74. The Hall–Kier alpha value is -2.73. The van der Waals surface area contributed by atoms with Crippen LogP contribution < -0.4 is 10.2 Å². The molecule has 1 aromatic carbocycles. The number of hydrogen-bond donors (Lipinski definition) is 1. The van der Waals surface area contributed by atoms with Crippen molar-refractivity contribution in [1.29, 1.82) is 0 Å². The van der Waals surface area contributed by atoms with Crippen LogP contribution in [-0.4, -0.2) is 21.5 Å². The van der Waals surface area contributed by atoms with Gasteiger partial charge in [0, 0.05) is 17.4 Å². The minimum atomic E-state index is -0.467. The predicted molar refractivity (Wildman–Crippen MR) is 116 cm³/mol. The molecule has 0 atom stereocenters. The highest BCUT2D eigenvalue weighted by atomic mass is 32.1. The van der Waals surface area contributed by atoms with Crippen LogP contribution >= 0.6 is 12.2 Å². The van der Waals surface area contributed by atoms with Gasteiger partial charge in [0.05, 0.1) is 5.69 Å². The van der Waals surface area contributed by atoms with Gasteiger partial charge in [-0.05, 0) is 88.7 Å². The fraction of sp³-hybridized carbons (Fsp3) is 0.318. The first-order valence-electron chi connectivity index (χ1n) is 9.29. The number of anilines is 1. The third-order valence-electron chi connectivity index (χ3n) is 5.05. The number of hydrogen-bond acceptors (Lipinski definition) is 3. The number of nitrogens with one attached hydrogen (secondary N) is 1. The molecule has 1 aliphatic heterocycles. The molecule has 0 saturated carbocycles. The summed E-state index contributed by atoms with van der Waals surface area (Å²) in [6, 6.07) is 8.11. The molecule has 0 bridgehead atoms. The molecule has 2 aromatic rings. The van der Waals surface area contributed by atoms with Crippen molar-refractivity contribution in [2.24, 2.45) is 0 Å². The second kappa shape index (κ2) is 7.36. The summed E-state index contributed by atoms with van der Waals surface area (Å²) in [5.74, 6) is -0.872. The zero-order valence-corrected chi connectivity index (χ0v) is 17.9. The normalized spacial score (nSPS) is 16.3. The van der Waals surface area contributed by atoms with Crippen molar-refractivity contribution in [2.45, 2.75) is 47.6 Å². The van der Waals surface area contributed by atoms with Gasteiger partial charge >= 0.3 is 0 Å². The Labute approximate surface area is 171 Å². The van der Waals surface area contributed by atoms with Crippen molar-refractivity contribution in [2.75, 3.05) is 4.90 Å². The molecule has 5 nitrogen and oxygen atoms in total. The zero-order chi connectivity index (χ0) is 20.7. The van der Waals surface area contributed by atoms with E-state index < -0.39 is 11.8 Å². The maximum Gasteiger partial charge on any atom is 0.270 e. The van der Waals surface area contributed by atoms with Crippen molar-refractivity contribution in [3.05, 3.63) is 57.9 Å². The second-order valence-electron chi connectivity index (χ2n) is 7.54. The first-order chi connectivity index (χ1) is 13.1. The summed E-state index contributed by atoms with van der Waals surface area (Å²) < 4.78 is 2.19. The van der Waals surface area contributed by atoms with Crippen molar-refractivity contribution >= 4 is 40.9 Å². The quantitative estimate of drug-likeness (QED) is 0.483. The summed E-state index contributed by atoms with van der Waals surface area (Å²) in [5.41, 5.74) is 5.66. The van der Waals surface area contributed by atoms with Crippen LogP contribution in [0.25, 0.3) is 6.08 Å². The van der Waals surface area contributed by atoms with Gasteiger partial charge in [-0.1, -0.05) is 12.1 Å². The van der Waals surface area contributed by atoms with E-state index in [1.165, 1.54) is 4.90 Å². The van der Waals surface area contributed by atoms with E-state index in [2.05, 4.69) is 23.7 Å². The lowest BCUT2D eigenvalue weighted by Crippen LogP contribution is -2.54. The van der Waals surface area contributed by atoms with Gasteiger partial charge in [-0.3, -0.25) is 19.8 Å². The van der Waals surface area contributed by atoms with Crippen LogP contribution in [0.15, 0.2) is 29.8 Å². The lowest BCUT2D eigenvalue weighted by molar-refractivity contribution is -0.122. The number of amides is 2. The van der Waals surface area contributed by atoms with E-state index in [-0.39, 0.29) is 10.7 Å². The topological polar surface area (TPSA) is 54.3 Å². The molecule has 2 amide bonds. The number of rotatable bonds is 3. The second-order valence-corrected chi connectivity index (χ2v) is 7.92. The maximum absolute atomic E-state index is 13.3. The molecule has 0 aliphatic carbocycles. The smallest absolute Gasteiger partial charge is 0.270 e. The molecule has 1 N–H and O–H groups in total. The van der Waals surface area contributed by atoms with Gasteiger partial charge in [0.2, 0.25) is 0 Å². The monoisotopic (exact) mass is 395 g/mol. The highest BCUT2D eigenvalue weighted by Crippen LogP contribution is 2.28. The van der Waals surface area contributed by atoms with Gasteiger partial charge in [-0.2, -0.15) is 0 Å². The summed E-state index contributed by atoms with van der Waals surface area (Å²) in [5, 5.41) is 2.77. The Morgan fingerprint density at radius 2 is 1.75 bits per heavy atom. The van der Waals surface area contributed by atoms with Crippen LogP contribution in [0.1, 0.15) is 48.0 Å². The van der Waals surface area contributed by atoms with Gasteiger partial charge in [-0.25, -0.2) is 0 Å². The number of thiocarbonyl (C=S) groups is 1. The number of aryl methyl sites for hydroxylation is 3. The Kier molecular flexibility index (Phi) is 5.26. The zero-order valence-electron chi connectivity index (χ0n) is 17.1. The van der Waals surface area contributed by atoms with Gasteiger partial charge < -0.3 is 4.57 Å². The molecule has 1 saturated heterocycles. The average molecular weight is 396 g/mol. The Morgan fingerprint density at radius 3 is 2.36 bits per heavy atom. The standard InChI is InChI=1S/C22H25N3O2S/c1-12(2)24-15(5)10-17(16(24)6)11-18-20(26)23-22(28)25(21(18)27)19-9-13(3)7-8-14(19)4/h7-12H,1-6H3,(H,23,26,28)/b18-11+. The van der Waals surface area contributed by atoms with Crippen LogP contribution in [0.4, 0.5) is 5.69 Å². The fourth-order valence-corrected chi connectivity index (χ4v) is 4.01. The van der Waals surface area contributed by atoms with Crippen LogP contribution in [-0.2, 0) is 9.59 Å². The highest BCUT2D eigenvalue weighted by molar-refractivity contribution is 7.80. The molecule has 0 spiro atoms. The molecule has 0 unspecified atom stereocenters. The first kappa shape index (κ1) is 20.0. The average Bonchev–Trinajstić information content (AvgIpc) is 2.88. The van der Waals surface area contributed by atoms with Gasteiger partial charge in [0.1, 0.15) is 5.57 Å². The van der Waals surface area contributed by atoms with E-state index in [9.17, 15) is 9.59 Å². The molecule has 28 heavy (non-hydrogen) atoms. The summed E-state index contributed by atoms with van der Waals surface area (Å²) in [4.78, 5) is 27.2. The third-order valence-corrected chi connectivity index (χ3v) is 5.33. The van der Waals surface area contributed by atoms with E-state index >= 15 is 0 Å². The molecule has 1 fully saturated rings. The molecule has 1 aromatic heterocycles. The van der Waals surface area contributed by atoms with Crippen LogP contribution in [0.5, 0.6) is 0 Å². The van der Waals surface area contributed by atoms with Crippen molar-refractivity contribution in [3.63, 3.8) is 0 Å². The lowest BCUT2D eigenvalue weighted by atomic mass is 10.0. The number of carbonyl (C=O) groups excluding carboxylic acids is 2. The Morgan fingerprint density at radius 1 is 1.07 bits per heavy atom. The third kappa shape index (κ3) is 3.40. The molecular weight excluding hydrogens is 370 g/mol. The summed E-state index contributed by atoms with van der Waals surface area (Å²) >= 11 is 5.31. The molecule has 1 aliphatic rings. The van der Waals surface area contributed by atoms with E-state index in [1.807, 2.05) is 52.0 Å². The predicted octanol–water partition coefficient (Wildman–Crippen LogP) is 4.13. The number of benzene rings is 1. The van der Waals surface area contributed by atoms with Crippen molar-refractivity contribution in [1.82, 2.24) is 9.88 Å². The van der Waals surface area contributed by atoms with E-state index in [1.54, 1.807) is 6.08 Å². The molecule has 3 rings (SSSR count). The number of carbonyl (C=O) groups is 2. The Bertz CT molecular complexity index is 1030. The summed E-state index contributed by atoms with van der Waals surface area (Å²) in [7, 11) is 0. The summed E-state index contributed by atoms with van der Waals surface area (Å²) in [6.45, 7) is 12.1. The molecule has 146 valence electrons. The minimum Gasteiger partial charge on any atom is -0.346 e. The Balaban J connectivity index is 2.10. The molecule has 2 heterocycles. The lowest BCUT2D eigenvalue weighted by Gasteiger charge is -2.30. The molecule has 0 radical (unpaired) electrons. The summed E-state index contributed by atoms with van der Waals surface area (Å²) in [6.07, 6.45) is 1.67. The highest BCUT2D eigenvalue weighted by Gasteiger charge is 2.35. The van der Waals surface area contributed by atoms with E-state index in [0.717, 1.165) is 28.1 Å². The SMILES string of the molecule is Cc1ccc(C)c(N2C(=O)/C(=C/c3cc(C)n(C(C)C)c3C)C(=O)NC2=S)c1. The van der Waals surface area contributed by atoms with Gasteiger partial charge in [-0.15, -0.1) is 0 Å². The largest absolute Gasteiger partial charge is 0.346 e. The van der Waals surface area contributed by atoms with Crippen LogP contribution in [0.2, 0.25) is 0 Å². The maximum atomic E-state index is 13.3. The molecule has 6 heteroatoms. The number of aromatic nitrogens is 1. The van der Waals surface area contributed by atoms with E-state index in [4.69, 9.17) is 12.2 Å². The van der Waals surface area contributed by atoms with E-state index in [0.29, 0.717) is 11.7 Å². The van der Waals surface area contributed by atoms with Crippen LogP contribution in [0, 0.1) is 27.7 Å². The minimum absolute atomic E-state index is 0.0820. The van der Waals surface area contributed by atoms with Crippen LogP contribution in [0.3, 0.4) is 0 Å². The number of nitrogens with zero attached hydrogens (tertiary/aromatic N) is 2. The molecular formula is C22H25N3O2S. The van der Waals surface area contributed by atoms with Gasteiger partial charge in [0.15, 0.2) is 5.11 Å². The van der Waals surface area contributed by atoms with Crippen molar-refractivity contribution in [3.8, 4) is 0 Å². The first-order valence-corrected chi connectivity index (χ1v) is 9.69.